The van der Waals surface area contributed by atoms with Crippen LogP contribution in [0.5, 0.6) is 0 Å². The lowest BCUT2D eigenvalue weighted by Gasteiger charge is -2.08. The number of rotatable bonds is 3. The van der Waals surface area contributed by atoms with E-state index >= 15 is 0 Å². The molecule has 0 radical (unpaired) electrons. The average molecular weight is 327 g/mol. The van der Waals surface area contributed by atoms with E-state index in [2.05, 4.69) is 15.6 Å². The molecule has 1 aromatic carbocycles. The summed E-state index contributed by atoms with van der Waals surface area (Å²) >= 11 is 13.8. The molecule has 0 bridgehead atoms. The summed E-state index contributed by atoms with van der Waals surface area (Å²) in [4.78, 5) is 0. The minimum Gasteiger partial charge on any atom is -0.305 e. The smallest absolute Gasteiger partial charge is 0.212 e. The first-order chi connectivity index (χ1) is 9.67. The third kappa shape index (κ3) is 2.66. The van der Waals surface area contributed by atoms with Crippen LogP contribution in [-0.4, -0.2) is 20.2 Å². The SMILES string of the molecule is CCc1nnc2n1NC(/C=C(\Cl)c1ccc(Cl)cc1)S2. The van der Waals surface area contributed by atoms with E-state index in [1.165, 1.54) is 0 Å². The second-order valence-corrected chi connectivity index (χ2v) is 6.23. The zero-order chi connectivity index (χ0) is 14.1. The van der Waals surface area contributed by atoms with E-state index in [0.29, 0.717) is 10.1 Å². The van der Waals surface area contributed by atoms with Gasteiger partial charge in [-0.15, -0.1) is 10.2 Å². The van der Waals surface area contributed by atoms with Gasteiger partial charge in [-0.25, -0.2) is 4.68 Å². The van der Waals surface area contributed by atoms with Crippen molar-refractivity contribution in [2.24, 2.45) is 0 Å². The lowest BCUT2D eigenvalue weighted by atomic mass is 10.2. The Kier molecular flexibility index (Phi) is 3.92. The van der Waals surface area contributed by atoms with Crippen molar-refractivity contribution in [3.8, 4) is 0 Å². The number of hydrogen-bond acceptors (Lipinski definition) is 4. The number of halogens is 2. The Morgan fingerprint density at radius 2 is 2.15 bits per heavy atom. The Morgan fingerprint density at radius 3 is 2.85 bits per heavy atom. The van der Waals surface area contributed by atoms with Gasteiger partial charge in [0, 0.05) is 16.5 Å². The summed E-state index contributed by atoms with van der Waals surface area (Å²) in [6, 6.07) is 7.45. The van der Waals surface area contributed by atoms with Gasteiger partial charge in [0.15, 0.2) is 5.82 Å². The van der Waals surface area contributed by atoms with E-state index in [4.69, 9.17) is 23.2 Å². The van der Waals surface area contributed by atoms with Gasteiger partial charge in [0.25, 0.3) is 0 Å². The molecular weight excluding hydrogens is 315 g/mol. The fourth-order valence-electron chi connectivity index (χ4n) is 1.91. The van der Waals surface area contributed by atoms with Crippen molar-refractivity contribution in [2.45, 2.75) is 23.9 Å². The first-order valence-corrected chi connectivity index (χ1v) is 7.81. The number of nitrogens with zero attached hydrogens (tertiary/aromatic N) is 3. The van der Waals surface area contributed by atoms with E-state index in [1.807, 2.05) is 41.9 Å². The highest BCUT2D eigenvalue weighted by atomic mass is 35.5. The Labute approximate surface area is 131 Å². The molecule has 4 nitrogen and oxygen atoms in total. The van der Waals surface area contributed by atoms with Gasteiger partial charge in [0.1, 0.15) is 5.37 Å². The van der Waals surface area contributed by atoms with Gasteiger partial charge in [-0.05, 0) is 23.8 Å². The van der Waals surface area contributed by atoms with Crippen molar-refractivity contribution in [3.63, 3.8) is 0 Å². The van der Waals surface area contributed by atoms with Crippen LogP contribution in [0.15, 0.2) is 35.5 Å². The molecule has 0 spiro atoms. The minimum absolute atomic E-state index is 0.0500. The Morgan fingerprint density at radius 1 is 1.40 bits per heavy atom. The van der Waals surface area contributed by atoms with Crippen LogP contribution in [0.25, 0.3) is 5.03 Å². The number of aryl methyl sites for hydroxylation is 1. The molecule has 1 aliphatic heterocycles. The van der Waals surface area contributed by atoms with E-state index < -0.39 is 0 Å². The molecule has 20 heavy (non-hydrogen) atoms. The third-order valence-corrected chi connectivity index (χ3v) is 4.49. The van der Waals surface area contributed by atoms with Gasteiger partial charge in [0.05, 0.1) is 0 Å². The molecule has 104 valence electrons. The summed E-state index contributed by atoms with van der Waals surface area (Å²) in [6.45, 7) is 2.05. The molecule has 2 aromatic rings. The summed E-state index contributed by atoms with van der Waals surface area (Å²) in [6.07, 6.45) is 2.80. The predicted octanol–water partition coefficient (Wildman–Crippen LogP) is 3.75. The van der Waals surface area contributed by atoms with E-state index in [-0.39, 0.29) is 5.37 Å². The first-order valence-electron chi connectivity index (χ1n) is 6.18. The van der Waals surface area contributed by atoms with Crippen LogP contribution in [0.4, 0.5) is 0 Å². The van der Waals surface area contributed by atoms with Crippen LogP contribution >= 0.6 is 35.0 Å². The number of benzene rings is 1. The zero-order valence-corrected chi connectivity index (χ0v) is 13.0. The molecule has 3 rings (SSSR count). The summed E-state index contributed by atoms with van der Waals surface area (Å²) in [5.41, 5.74) is 4.26. The monoisotopic (exact) mass is 326 g/mol. The molecule has 1 aliphatic rings. The highest BCUT2D eigenvalue weighted by molar-refractivity contribution is 8.00. The van der Waals surface area contributed by atoms with Gasteiger partial charge in [-0.2, -0.15) is 0 Å². The van der Waals surface area contributed by atoms with Crippen LogP contribution in [0.2, 0.25) is 5.02 Å². The molecule has 2 heterocycles. The molecule has 0 saturated heterocycles. The number of thioether (sulfide) groups is 1. The summed E-state index contributed by atoms with van der Waals surface area (Å²) < 4.78 is 1.91. The topological polar surface area (TPSA) is 42.7 Å². The molecule has 0 aliphatic carbocycles. The third-order valence-electron chi connectivity index (χ3n) is 2.92. The maximum atomic E-state index is 6.34. The maximum Gasteiger partial charge on any atom is 0.212 e. The fourth-order valence-corrected chi connectivity index (χ4v) is 3.31. The second kappa shape index (κ2) is 5.68. The zero-order valence-electron chi connectivity index (χ0n) is 10.7. The van der Waals surface area contributed by atoms with Crippen LogP contribution in [0.1, 0.15) is 18.3 Å². The Bertz CT molecular complexity index is 651. The standard InChI is InChI=1S/C13H12Cl2N4S/c1-2-11-16-17-13-19(11)18-12(20-13)7-10(15)8-3-5-9(14)6-4-8/h3-7,12,18H,2H2,1H3/b10-7-. The van der Waals surface area contributed by atoms with Crippen molar-refractivity contribution in [2.75, 3.05) is 5.43 Å². The first kappa shape index (κ1) is 13.8. The molecule has 1 unspecified atom stereocenters. The fraction of sp³-hybridized carbons (Fsp3) is 0.231. The highest BCUT2D eigenvalue weighted by Gasteiger charge is 2.24. The Hall–Kier alpha value is -1.17. The summed E-state index contributed by atoms with van der Waals surface area (Å²) in [7, 11) is 0. The highest BCUT2D eigenvalue weighted by Crippen LogP contribution is 2.31. The van der Waals surface area contributed by atoms with Gasteiger partial charge < -0.3 is 5.43 Å². The predicted molar refractivity (Wildman–Crippen MR) is 83.7 cm³/mol. The molecular formula is C13H12Cl2N4S. The molecule has 1 N–H and O–H groups in total. The largest absolute Gasteiger partial charge is 0.305 e. The van der Waals surface area contributed by atoms with Gasteiger partial charge in [-0.1, -0.05) is 54.0 Å². The van der Waals surface area contributed by atoms with Crippen LogP contribution < -0.4 is 5.43 Å². The van der Waals surface area contributed by atoms with Crippen molar-refractivity contribution in [1.29, 1.82) is 0 Å². The van der Waals surface area contributed by atoms with E-state index in [9.17, 15) is 0 Å². The molecule has 7 heteroatoms. The normalized spacial score (nSPS) is 17.9. The average Bonchev–Trinajstić information content (AvgIpc) is 2.98. The van der Waals surface area contributed by atoms with Crippen LogP contribution in [0.3, 0.4) is 0 Å². The van der Waals surface area contributed by atoms with Crippen LogP contribution in [0, 0.1) is 0 Å². The summed E-state index contributed by atoms with van der Waals surface area (Å²) in [5, 5.41) is 10.5. The van der Waals surface area contributed by atoms with Gasteiger partial charge in [-0.3, -0.25) is 0 Å². The van der Waals surface area contributed by atoms with Crippen molar-refractivity contribution < 1.29 is 0 Å². The lowest BCUT2D eigenvalue weighted by molar-refractivity contribution is 0.755. The summed E-state index contributed by atoms with van der Waals surface area (Å²) in [5.74, 6) is 0.922. The van der Waals surface area contributed by atoms with Gasteiger partial charge in [0.2, 0.25) is 5.16 Å². The molecule has 0 amide bonds. The number of fused-ring (bicyclic) bond motifs is 1. The minimum atomic E-state index is 0.0500. The molecule has 0 fully saturated rings. The molecule has 0 saturated carbocycles. The molecule has 1 atom stereocenters. The molecule has 1 aromatic heterocycles. The number of aromatic nitrogens is 3. The van der Waals surface area contributed by atoms with Gasteiger partial charge >= 0.3 is 0 Å². The van der Waals surface area contributed by atoms with Crippen LogP contribution in [-0.2, 0) is 6.42 Å². The lowest BCUT2D eigenvalue weighted by Crippen LogP contribution is -2.18. The quantitative estimate of drug-likeness (QED) is 0.932. The number of hydrogen-bond donors (Lipinski definition) is 1. The maximum absolute atomic E-state index is 6.34. The van der Waals surface area contributed by atoms with E-state index in [0.717, 1.165) is 23.0 Å². The second-order valence-electron chi connectivity index (χ2n) is 4.28. The van der Waals surface area contributed by atoms with Crippen molar-refractivity contribution >= 4 is 40.0 Å². The van der Waals surface area contributed by atoms with Crippen molar-refractivity contribution in [3.05, 3.63) is 46.8 Å². The van der Waals surface area contributed by atoms with E-state index in [1.54, 1.807) is 11.8 Å². The Balaban J connectivity index is 1.77. The number of nitrogens with one attached hydrogen (secondary N) is 1. The van der Waals surface area contributed by atoms with Crippen molar-refractivity contribution in [1.82, 2.24) is 14.9 Å².